The largest absolute Gasteiger partial charge is 0.469 e. The van der Waals surface area contributed by atoms with Crippen LogP contribution in [0.3, 0.4) is 0 Å². The molecule has 1 aliphatic heterocycles. The Morgan fingerprint density at radius 1 is 1.25 bits per heavy atom. The quantitative estimate of drug-likeness (QED) is 0.746. The first kappa shape index (κ1) is 14.3. The molecule has 0 amide bonds. The summed E-state index contributed by atoms with van der Waals surface area (Å²) in [7, 11) is -2.22. The van der Waals surface area contributed by atoms with E-state index >= 15 is 0 Å². The summed E-state index contributed by atoms with van der Waals surface area (Å²) in [5.41, 5.74) is -0.827. The van der Waals surface area contributed by atoms with E-state index in [-0.39, 0.29) is 19.0 Å². The van der Waals surface area contributed by atoms with Crippen molar-refractivity contribution in [1.29, 1.82) is 0 Å². The van der Waals surface area contributed by atoms with Gasteiger partial charge in [0.25, 0.3) is 0 Å². The standard InChI is InChI=1S/C13H21NO5S/c1-19-12(15)10-3-2-4-11(10)20(17,18)14-7-13(16,8-14)9-5-6-9/h9-11,16H,2-8H2,1H3. The van der Waals surface area contributed by atoms with E-state index in [4.69, 9.17) is 4.74 Å². The Morgan fingerprint density at radius 2 is 1.90 bits per heavy atom. The van der Waals surface area contributed by atoms with Crippen LogP contribution in [0.1, 0.15) is 32.1 Å². The molecular formula is C13H21NO5S. The first-order valence-corrected chi connectivity index (χ1v) is 8.68. The maximum absolute atomic E-state index is 12.6. The van der Waals surface area contributed by atoms with Gasteiger partial charge >= 0.3 is 5.97 Å². The fourth-order valence-electron chi connectivity index (χ4n) is 3.52. The summed E-state index contributed by atoms with van der Waals surface area (Å²) >= 11 is 0. The highest BCUT2D eigenvalue weighted by Gasteiger charge is 2.57. The number of sulfonamides is 1. The van der Waals surface area contributed by atoms with Gasteiger partial charge in [0.1, 0.15) is 0 Å². The summed E-state index contributed by atoms with van der Waals surface area (Å²) < 4.78 is 31.2. The van der Waals surface area contributed by atoms with Gasteiger partial charge in [0.05, 0.1) is 23.9 Å². The molecule has 6 nitrogen and oxygen atoms in total. The average molecular weight is 303 g/mol. The van der Waals surface area contributed by atoms with E-state index in [1.54, 1.807) is 0 Å². The summed E-state index contributed by atoms with van der Waals surface area (Å²) in [6.45, 7) is 0.370. The number of ether oxygens (including phenoxy) is 1. The smallest absolute Gasteiger partial charge is 0.310 e. The average Bonchev–Trinajstić information content (AvgIpc) is 3.10. The van der Waals surface area contributed by atoms with Gasteiger partial charge in [0, 0.05) is 13.1 Å². The van der Waals surface area contributed by atoms with Crippen LogP contribution in [-0.4, -0.2) is 54.8 Å². The fraction of sp³-hybridized carbons (Fsp3) is 0.923. The molecule has 1 heterocycles. The molecule has 0 aromatic carbocycles. The lowest BCUT2D eigenvalue weighted by Gasteiger charge is -2.47. The summed E-state index contributed by atoms with van der Waals surface area (Å²) in [5, 5.41) is 9.57. The monoisotopic (exact) mass is 303 g/mol. The molecule has 1 saturated heterocycles. The van der Waals surface area contributed by atoms with E-state index < -0.39 is 32.8 Å². The number of carbonyl (C=O) groups excluding carboxylic acids is 1. The molecule has 0 spiro atoms. The molecule has 2 saturated carbocycles. The minimum atomic E-state index is -3.51. The molecular weight excluding hydrogens is 282 g/mol. The van der Waals surface area contributed by atoms with Gasteiger partial charge in [0.2, 0.25) is 10.0 Å². The Bertz CT molecular complexity index is 507. The first-order chi connectivity index (χ1) is 9.38. The molecule has 3 fully saturated rings. The maximum Gasteiger partial charge on any atom is 0.310 e. The zero-order chi connectivity index (χ0) is 14.5. The summed E-state index contributed by atoms with van der Waals surface area (Å²) in [6.07, 6.45) is 3.76. The maximum atomic E-state index is 12.6. The molecule has 0 aromatic heterocycles. The molecule has 2 atom stereocenters. The van der Waals surface area contributed by atoms with E-state index in [1.807, 2.05) is 0 Å². The SMILES string of the molecule is COC(=O)C1CCCC1S(=O)(=O)N1CC(O)(C2CC2)C1. The topological polar surface area (TPSA) is 83.9 Å². The van der Waals surface area contributed by atoms with Crippen molar-refractivity contribution in [2.75, 3.05) is 20.2 Å². The van der Waals surface area contributed by atoms with Crippen molar-refractivity contribution < 1.29 is 23.1 Å². The van der Waals surface area contributed by atoms with Gasteiger partial charge in [0.15, 0.2) is 0 Å². The van der Waals surface area contributed by atoms with Crippen LogP contribution in [0.15, 0.2) is 0 Å². The second-order valence-corrected chi connectivity index (χ2v) is 8.44. The van der Waals surface area contributed by atoms with Crippen LogP contribution in [0.25, 0.3) is 0 Å². The van der Waals surface area contributed by atoms with Gasteiger partial charge in [-0.2, -0.15) is 4.31 Å². The molecule has 0 bridgehead atoms. The zero-order valence-electron chi connectivity index (χ0n) is 11.6. The third-order valence-corrected chi connectivity index (χ3v) is 7.24. The Kier molecular flexibility index (Phi) is 3.34. The minimum absolute atomic E-state index is 0.185. The number of β-amino-alcohol motifs (C(OH)–C–C–N with tert-alkyl or cyclic N) is 1. The Morgan fingerprint density at radius 3 is 2.45 bits per heavy atom. The van der Waals surface area contributed by atoms with E-state index in [2.05, 4.69) is 0 Å². The highest BCUT2D eigenvalue weighted by Crippen LogP contribution is 2.46. The van der Waals surface area contributed by atoms with Crippen LogP contribution in [-0.2, 0) is 19.6 Å². The molecule has 0 radical (unpaired) electrons. The van der Waals surface area contributed by atoms with E-state index in [9.17, 15) is 18.3 Å². The zero-order valence-corrected chi connectivity index (χ0v) is 12.4. The molecule has 0 aromatic rings. The van der Waals surface area contributed by atoms with Crippen LogP contribution in [0.4, 0.5) is 0 Å². The van der Waals surface area contributed by atoms with Crippen molar-refractivity contribution >= 4 is 16.0 Å². The van der Waals surface area contributed by atoms with Gasteiger partial charge in [-0.05, 0) is 31.6 Å². The normalized spacial score (nSPS) is 33.7. The molecule has 3 rings (SSSR count). The molecule has 1 N–H and O–H groups in total. The Hall–Kier alpha value is -0.660. The predicted octanol–water partition coefficient (Wildman–Crippen LogP) is 0.115. The van der Waals surface area contributed by atoms with Crippen LogP contribution < -0.4 is 0 Å². The van der Waals surface area contributed by atoms with Crippen molar-refractivity contribution in [3.63, 3.8) is 0 Å². The van der Waals surface area contributed by atoms with Gasteiger partial charge in [-0.3, -0.25) is 4.79 Å². The van der Waals surface area contributed by atoms with Crippen LogP contribution in [0.2, 0.25) is 0 Å². The van der Waals surface area contributed by atoms with Gasteiger partial charge in [-0.15, -0.1) is 0 Å². The lowest BCUT2D eigenvalue weighted by Crippen LogP contribution is -2.66. The predicted molar refractivity (Wildman–Crippen MR) is 71.3 cm³/mol. The highest BCUT2D eigenvalue weighted by molar-refractivity contribution is 7.89. The summed E-state index contributed by atoms with van der Waals surface area (Å²) in [6, 6.07) is 0. The third-order valence-electron chi connectivity index (χ3n) is 4.94. The second kappa shape index (κ2) is 4.68. The number of nitrogens with zero attached hydrogens (tertiary/aromatic N) is 1. The molecule has 3 aliphatic rings. The van der Waals surface area contributed by atoms with Crippen molar-refractivity contribution in [1.82, 2.24) is 4.31 Å². The number of methoxy groups -OCH3 is 1. The van der Waals surface area contributed by atoms with Crippen molar-refractivity contribution in [2.45, 2.75) is 43.0 Å². The van der Waals surface area contributed by atoms with E-state index in [0.717, 1.165) is 19.3 Å². The number of hydrogen-bond acceptors (Lipinski definition) is 5. The number of hydrogen-bond donors (Lipinski definition) is 1. The highest BCUT2D eigenvalue weighted by atomic mass is 32.2. The molecule has 2 unspecified atom stereocenters. The third kappa shape index (κ3) is 2.16. The summed E-state index contributed by atoms with van der Waals surface area (Å²) in [5.74, 6) is -0.734. The van der Waals surface area contributed by atoms with Crippen LogP contribution in [0.5, 0.6) is 0 Å². The molecule has 7 heteroatoms. The number of aliphatic hydroxyl groups is 1. The van der Waals surface area contributed by atoms with Crippen molar-refractivity contribution in [3.05, 3.63) is 0 Å². The van der Waals surface area contributed by atoms with Gasteiger partial charge in [-0.1, -0.05) is 6.42 Å². The molecule has 114 valence electrons. The molecule has 2 aliphatic carbocycles. The first-order valence-electron chi connectivity index (χ1n) is 7.17. The van der Waals surface area contributed by atoms with Crippen LogP contribution in [0, 0.1) is 11.8 Å². The minimum Gasteiger partial charge on any atom is -0.469 e. The van der Waals surface area contributed by atoms with E-state index in [0.29, 0.717) is 12.8 Å². The fourth-order valence-corrected chi connectivity index (χ4v) is 5.84. The van der Waals surface area contributed by atoms with E-state index in [1.165, 1.54) is 11.4 Å². The number of esters is 1. The lowest BCUT2D eigenvalue weighted by atomic mass is 9.91. The van der Waals surface area contributed by atoms with Crippen LogP contribution >= 0.6 is 0 Å². The van der Waals surface area contributed by atoms with Crippen molar-refractivity contribution in [3.8, 4) is 0 Å². The number of rotatable bonds is 4. The summed E-state index contributed by atoms with van der Waals surface area (Å²) in [4.78, 5) is 11.7. The van der Waals surface area contributed by atoms with Gasteiger partial charge < -0.3 is 9.84 Å². The number of carbonyl (C=O) groups is 1. The van der Waals surface area contributed by atoms with Crippen molar-refractivity contribution in [2.24, 2.45) is 11.8 Å². The van der Waals surface area contributed by atoms with Gasteiger partial charge in [-0.25, -0.2) is 8.42 Å². The lowest BCUT2D eigenvalue weighted by molar-refractivity contribution is -0.145. The Balaban J connectivity index is 1.71. The molecule has 20 heavy (non-hydrogen) atoms. The second-order valence-electron chi connectivity index (χ2n) is 6.29. The Labute approximate surface area is 119 Å².